The third-order valence-corrected chi connectivity index (χ3v) is 7.07. The highest BCUT2D eigenvalue weighted by Gasteiger charge is 2.49. The Labute approximate surface area is 192 Å². The second kappa shape index (κ2) is 10.5. The van der Waals surface area contributed by atoms with E-state index in [1.54, 1.807) is 0 Å². The van der Waals surface area contributed by atoms with Gasteiger partial charge in [0.15, 0.2) is 18.3 Å². The fraction of sp³-hybridized carbons (Fsp3) is 0.526. The molecular weight excluding hydrogens is 502 g/mol. The highest BCUT2D eigenvalue weighted by atomic mass is 32.2. The fourth-order valence-electron chi connectivity index (χ4n) is 3.09. The lowest BCUT2D eigenvalue weighted by Gasteiger charge is -2.40. The summed E-state index contributed by atoms with van der Waals surface area (Å²) in [4.78, 5) is 33.9. The van der Waals surface area contributed by atoms with Crippen molar-refractivity contribution in [3.05, 3.63) is 29.3 Å². The highest BCUT2D eigenvalue weighted by molar-refractivity contribution is 8.17. The summed E-state index contributed by atoms with van der Waals surface area (Å²) in [6.07, 6.45) is -14.5. The first-order valence-corrected chi connectivity index (χ1v) is 11.1. The predicted molar refractivity (Wildman–Crippen MR) is 105 cm³/mol. The maximum absolute atomic E-state index is 13.6. The van der Waals surface area contributed by atoms with Crippen LogP contribution in [0.15, 0.2) is 23.1 Å². The van der Waals surface area contributed by atoms with Crippen molar-refractivity contribution in [3.8, 4) is 0 Å². The van der Waals surface area contributed by atoms with Crippen LogP contribution in [0.5, 0.6) is 0 Å². The molecule has 0 spiro atoms. The van der Waals surface area contributed by atoms with Crippen molar-refractivity contribution in [3.63, 3.8) is 0 Å². The van der Waals surface area contributed by atoms with Crippen LogP contribution in [-0.2, 0) is 40.9 Å². The van der Waals surface area contributed by atoms with Gasteiger partial charge in [-0.2, -0.15) is 26.3 Å². The Bertz CT molecular complexity index is 904. The van der Waals surface area contributed by atoms with E-state index >= 15 is 0 Å². The predicted octanol–water partition coefficient (Wildman–Crippen LogP) is 4.68. The second-order valence-electron chi connectivity index (χ2n) is 6.79. The summed E-state index contributed by atoms with van der Waals surface area (Å²) in [6.45, 7) is 3.10. The Balaban J connectivity index is 2.52. The number of hydrogen-bond donors (Lipinski definition) is 0. The molecule has 1 aromatic rings. The number of thioether (sulfide) groups is 2. The molecule has 2 rings (SSSR count). The van der Waals surface area contributed by atoms with Gasteiger partial charge in [-0.05, 0) is 12.1 Å². The van der Waals surface area contributed by atoms with Gasteiger partial charge in [0, 0.05) is 31.4 Å². The smallest absolute Gasteiger partial charge is 0.418 e. The highest BCUT2D eigenvalue weighted by Crippen LogP contribution is 2.49. The molecule has 6 nitrogen and oxygen atoms in total. The Morgan fingerprint density at radius 1 is 0.879 bits per heavy atom. The normalized spacial score (nSPS) is 23.5. The molecule has 0 aliphatic carbocycles. The van der Waals surface area contributed by atoms with Crippen molar-refractivity contribution < 1.29 is 54.9 Å². The molecule has 0 N–H and O–H groups in total. The molecule has 1 saturated heterocycles. The molecule has 1 heterocycles. The average molecular weight is 520 g/mol. The molecule has 1 fully saturated rings. The molecule has 4 atom stereocenters. The van der Waals surface area contributed by atoms with Gasteiger partial charge < -0.3 is 14.2 Å². The summed E-state index contributed by atoms with van der Waals surface area (Å²) in [5.41, 5.74) is -3.74. The quantitative estimate of drug-likeness (QED) is 0.315. The largest absolute Gasteiger partial charge is 0.458 e. The van der Waals surface area contributed by atoms with Gasteiger partial charge in [-0.1, -0.05) is 6.07 Å². The molecule has 0 saturated carbocycles. The third kappa shape index (κ3) is 7.19. The zero-order valence-electron chi connectivity index (χ0n) is 17.3. The first-order chi connectivity index (χ1) is 15.1. The van der Waals surface area contributed by atoms with Crippen molar-refractivity contribution in [1.82, 2.24) is 0 Å². The van der Waals surface area contributed by atoms with E-state index in [-0.39, 0.29) is 5.75 Å². The van der Waals surface area contributed by atoms with E-state index in [4.69, 9.17) is 14.2 Å². The molecule has 0 radical (unpaired) electrons. The number of halogens is 6. The Kier molecular flexibility index (Phi) is 8.60. The first-order valence-electron chi connectivity index (χ1n) is 9.18. The molecule has 184 valence electrons. The second-order valence-corrected chi connectivity index (χ2v) is 9.45. The third-order valence-electron chi connectivity index (χ3n) is 4.16. The molecule has 1 aromatic carbocycles. The standard InChI is InChI=1S/C19H18F6O6S2/c1-8(26)29-12-7-32-17(16(31-10(3)28)15(12)30-9(2)27)33-13-6-4-5-11(18(20,21)22)14(13)19(23,24)25/h4-6,12,15-17H,7H2,1-3H3/t12-,15+,16-,17+/m1/s1. The average Bonchev–Trinajstić information content (AvgIpc) is 2.63. The van der Waals surface area contributed by atoms with Gasteiger partial charge in [-0.25, -0.2) is 0 Å². The van der Waals surface area contributed by atoms with E-state index < -0.39 is 69.2 Å². The molecule has 0 aromatic heterocycles. The summed E-state index contributed by atoms with van der Waals surface area (Å²) in [5.74, 6) is -2.55. The van der Waals surface area contributed by atoms with E-state index in [0.29, 0.717) is 17.8 Å². The zero-order valence-corrected chi connectivity index (χ0v) is 18.9. The van der Waals surface area contributed by atoms with Crippen LogP contribution in [-0.4, -0.2) is 46.6 Å². The molecule has 0 unspecified atom stereocenters. The number of alkyl halides is 6. The number of carbonyl (C=O) groups excluding carboxylic acids is 3. The van der Waals surface area contributed by atoms with Crippen LogP contribution in [0.3, 0.4) is 0 Å². The lowest BCUT2D eigenvalue weighted by atomic mass is 10.1. The van der Waals surface area contributed by atoms with Crippen molar-refractivity contribution in [2.45, 2.75) is 60.9 Å². The molecule has 14 heteroatoms. The summed E-state index contributed by atoms with van der Waals surface area (Å²) in [7, 11) is 0. The summed E-state index contributed by atoms with van der Waals surface area (Å²) in [5, 5.41) is 0. The van der Waals surface area contributed by atoms with E-state index in [2.05, 4.69) is 0 Å². The maximum Gasteiger partial charge on any atom is 0.418 e. The van der Waals surface area contributed by atoms with E-state index in [1.165, 1.54) is 0 Å². The van der Waals surface area contributed by atoms with E-state index in [1.807, 2.05) is 0 Å². The van der Waals surface area contributed by atoms with Gasteiger partial charge >= 0.3 is 30.3 Å². The Hall–Kier alpha value is -2.09. The van der Waals surface area contributed by atoms with Crippen LogP contribution in [0.25, 0.3) is 0 Å². The molecule has 1 aliphatic rings. The summed E-state index contributed by atoms with van der Waals surface area (Å²) >= 11 is 1.27. The van der Waals surface area contributed by atoms with Crippen molar-refractivity contribution in [1.29, 1.82) is 0 Å². The maximum atomic E-state index is 13.6. The van der Waals surface area contributed by atoms with Gasteiger partial charge in [-0.15, -0.1) is 23.5 Å². The number of rotatable bonds is 5. The molecule has 0 amide bonds. The molecular formula is C19H18F6O6S2. The van der Waals surface area contributed by atoms with Crippen molar-refractivity contribution >= 4 is 41.4 Å². The first kappa shape index (κ1) is 27.2. The molecule has 0 bridgehead atoms. The van der Waals surface area contributed by atoms with Crippen LogP contribution < -0.4 is 0 Å². The Morgan fingerprint density at radius 3 is 1.91 bits per heavy atom. The minimum absolute atomic E-state index is 0.0761. The summed E-state index contributed by atoms with van der Waals surface area (Å²) < 4.78 is 95.0. The number of ether oxygens (including phenoxy) is 3. The lowest BCUT2D eigenvalue weighted by Crippen LogP contribution is -2.53. The van der Waals surface area contributed by atoms with E-state index in [0.717, 1.165) is 44.7 Å². The minimum atomic E-state index is -5.33. The van der Waals surface area contributed by atoms with Gasteiger partial charge in [0.25, 0.3) is 0 Å². The molecule has 1 aliphatic heterocycles. The van der Waals surface area contributed by atoms with Crippen LogP contribution >= 0.6 is 23.5 Å². The minimum Gasteiger partial charge on any atom is -0.458 e. The summed E-state index contributed by atoms with van der Waals surface area (Å²) in [6, 6.07) is 2.02. The van der Waals surface area contributed by atoms with Crippen LogP contribution in [0.1, 0.15) is 31.9 Å². The number of benzene rings is 1. The lowest BCUT2D eigenvalue weighted by molar-refractivity contribution is -0.180. The van der Waals surface area contributed by atoms with Gasteiger partial charge in [0.2, 0.25) is 0 Å². The van der Waals surface area contributed by atoms with Crippen LogP contribution in [0.4, 0.5) is 26.3 Å². The topological polar surface area (TPSA) is 78.9 Å². The van der Waals surface area contributed by atoms with Crippen molar-refractivity contribution in [2.24, 2.45) is 0 Å². The monoisotopic (exact) mass is 520 g/mol. The number of hydrogen-bond acceptors (Lipinski definition) is 8. The fourth-order valence-corrected chi connectivity index (χ4v) is 6.04. The number of carbonyl (C=O) groups is 3. The van der Waals surface area contributed by atoms with Crippen LogP contribution in [0.2, 0.25) is 0 Å². The van der Waals surface area contributed by atoms with Crippen molar-refractivity contribution in [2.75, 3.05) is 5.75 Å². The van der Waals surface area contributed by atoms with Gasteiger partial charge in [-0.3, -0.25) is 14.4 Å². The van der Waals surface area contributed by atoms with E-state index in [9.17, 15) is 40.7 Å². The SMILES string of the molecule is CC(=O)O[C@@H]1[C@@H](OC(C)=O)[C@H](Sc2cccc(C(F)(F)F)c2C(F)(F)F)SC[C@H]1OC(C)=O. The van der Waals surface area contributed by atoms with Gasteiger partial charge in [0.1, 0.15) is 0 Å². The van der Waals surface area contributed by atoms with Crippen LogP contribution in [0, 0.1) is 0 Å². The molecule has 33 heavy (non-hydrogen) atoms. The number of esters is 3. The van der Waals surface area contributed by atoms with Gasteiger partial charge in [0.05, 0.1) is 15.7 Å². The zero-order chi connectivity index (χ0) is 25.1. The Morgan fingerprint density at radius 2 is 1.42 bits per heavy atom.